The largest absolute Gasteiger partial charge is 0.497 e. The lowest BCUT2D eigenvalue weighted by Gasteiger charge is -2.11. The second-order valence-electron chi connectivity index (χ2n) is 4.89. The zero-order valence-corrected chi connectivity index (χ0v) is 13.5. The number of hydrogen-bond acceptors (Lipinski definition) is 5. The van der Waals surface area contributed by atoms with E-state index in [4.69, 9.17) is 9.47 Å². The Morgan fingerprint density at radius 3 is 2.58 bits per heavy atom. The molecule has 24 heavy (non-hydrogen) atoms. The molecule has 7 heteroatoms. The molecular weight excluding hydrogens is 310 g/mol. The minimum absolute atomic E-state index is 0.277. The van der Waals surface area contributed by atoms with Crippen molar-refractivity contribution in [3.8, 4) is 11.5 Å². The second kappa shape index (κ2) is 8.52. The molecule has 2 rings (SSSR count). The van der Waals surface area contributed by atoms with Crippen LogP contribution in [0.4, 0.5) is 5.69 Å². The highest BCUT2D eigenvalue weighted by Crippen LogP contribution is 2.28. The van der Waals surface area contributed by atoms with E-state index in [2.05, 4.69) is 15.6 Å². The molecule has 1 aromatic heterocycles. The van der Waals surface area contributed by atoms with E-state index in [1.165, 1.54) is 7.11 Å². The highest BCUT2D eigenvalue weighted by atomic mass is 16.5. The van der Waals surface area contributed by atoms with Crippen LogP contribution in [0.5, 0.6) is 11.5 Å². The van der Waals surface area contributed by atoms with E-state index in [0.29, 0.717) is 17.2 Å². The van der Waals surface area contributed by atoms with Crippen LogP contribution in [0.1, 0.15) is 12.1 Å². The predicted octanol–water partition coefficient (Wildman–Crippen LogP) is 1.74. The number of methoxy groups -OCH3 is 2. The van der Waals surface area contributed by atoms with Crippen LogP contribution >= 0.6 is 0 Å². The number of pyridine rings is 1. The van der Waals surface area contributed by atoms with E-state index >= 15 is 0 Å². The molecule has 0 unspecified atom stereocenters. The molecule has 0 bridgehead atoms. The summed E-state index contributed by atoms with van der Waals surface area (Å²) in [5.74, 6) is 0.247. The zero-order valence-electron chi connectivity index (χ0n) is 13.5. The summed E-state index contributed by atoms with van der Waals surface area (Å²) < 4.78 is 10.3. The Hall–Kier alpha value is -3.09. The fraction of sp³-hybridized carbons (Fsp3) is 0.235. The van der Waals surface area contributed by atoms with Gasteiger partial charge in [0.05, 0.1) is 32.1 Å². The first kappa shape index (κ1) is 17.3. The lowest BCUT2D eigenvalue weighted by Crippen LogP contribution is -2.28. The Bertz CT molecular complexity index is 704. The zero-order chi connectivity index (χ0) is 17.4. The first-order valence-corrected chi connectivity index (χ1v) is 7.31. The highest BCUT2D eigenvalue weighted by molar-refractivity contribution is 6.04. The SMILES string of the molecule is COc1ccc(NC(=O)CC(=O)NCc2ccccn2)c(OC)c1. The van der Waals surface area contributed by atoms with Crippen LogP contribution in [-0.2, 0) is 16.1 Å². The van der Waals surface area contributed by atoms with Crippen molar-refractivity contribution in [1.82, 2.24) is 10.3 Å². The van der Waals surface area contributed by atoms with E-state index in [9.17, 15) is 9.59 Å². The molecule has 2 aromatic rings. The average Bonchev–Trinajstić information content (AvgIpc) is 2.61. The molecule has 2 amide bonds. The van der Waals surface area contributed by atoms with Crippen LogP contribution in [0.2, 0.25) is 0 Å². The highest BCUT2D eigenvalue weighted by Gasteiger charge is 2.12. The third-order valence-corrected chi connectivity index (χ3v) is 3.20. The smallest absolute Gasteiger partial charge is 0.233 e. The van der Waals surface area contributed by atoms with Gasteiger partial charge in [0.1, 0.15) is 17.9 Å². The standard InChI is InChI=1S/C17H19N3O4/c1-23-13-6-7-14(15(9-13)24-2)20-17(22)10-16(21)19-11-12-5-3-4-8-18-12/h3-9H,10-11H2,1-2H3,(H,19,21)(H,20,22). The topological polar surface area (TPSA) is 89.5 Å². The number of aromatic nitrogens is 1. The number of carbonyl (C=O) groups is 2. The van der Waals surface area contributed by atoms with Crippen molar-refractivity contribution in [2.45, 2.75) is 13.0 Å². The average molecular weight is 329 g/mol. The molecule has 0 fully saturated rings. The Labute approximate surface area is 140 Å². The Morgan fingerprint density at radius 2 is 1.92 bits per heavy atom. The van der Waals surface area contributed by atoms with Gasteiger partial charge in [0.15, 0.2) is 0 Å². The number of nitrogens with zero attached hydrogens (tertiary/aromatic N) is 1. The maximum Gasteiger partial charge on any atom is 0.233 e. The van der Waals surface area contributed by atoms with Crippen molar-refractivity contribution in [1.29, 1.82) is 0 Å². The van der Waals surface area contributed by atoms with Gasteiger partial charge in [0, 0.05) is 12.3 Å². The van der Waals surface area contributed by atoms with Crippen LogP contribution < -0.4 is 20.1 Å². The number of hydrogen-bond donors (Lipinski definition) is 2. The fourth-order valence-electron chi connectivity index (χ4n) is 2.00. The van der Waals surface area contributed by atoms with E-state index in [-0.39, 0.29) is 18.9 Å². The summed E-state index contributed by atoms with van der Waals surface area (Å²) in [4.78, 5) is 27.9. The summed E-state index contributed by atoms with van der Waals surface area (Å²) in [6, 6.07) is 10.4. The van der Waals surface area contributed by atoms with Crippen LogP contribution in [0, 0.1) is 0 Å². The third kappa shape index (κ3) is 4.98. The van der Waals surface area contributed by atoms with Gasteiger partial charge < -0.3 is 20.1 Å². The Balaban J connectivity index is 1.87. The molecule has 0 radical (unpaired) electrons. The third-order valence-electron chi connectivity index (χ3n) is 3.20. The van der Waals surface area contributed by atoms with Crippen LogP contribution in [-0.4, -0.2) is 31.0 Å². The van der Waals surface area contributed by atoms with E-state index in [0.717, 1.165) is 5.69 Å². The van der Waals surface area contributed by atoms with Crippen LogP contribution in [0.25, 0.3) is 0 Å². The summed E-state index contributed by atoms with van der Waals surface area (Å²) >= 11 is 0. The molecule has 1 heterocycles. The lowest BCUT2D eigenvalue weighted by molar-refractivity contribution is -0.126. The van der Waals surface area contributed by atoms with Gasteiger partial charge >= 0.3 is 0 Å². The summed E-state index contributed by atoms with van der Waals surface area (Å²) in [5, 5.41) is 5.29. The summed E-state index contributed by atoms with van der Waals surface area (Å²) in [5.41, 5.74) is 1.20. The summed E-state index contributed by atoms with van der Waals surface area (Å²) in [7, 11) is 3.03. The summed E-state index contributed by atoms with van der Waals surface area (Å²) in [6.45, 7) is 0.277. The van der Waals surface area contributed by atoms with Gasteiger partial charge in [-0.2, -0.15) is 0 Å². The van der Waals surface area contributed by atoms with Gasteiger partial charge in [-0.05, 0) is 24.3 Å². The first-order valence-electron chi connectivity index (χ1n) is 7.31. The molecule has 0 aliphatic heterocycles. The second-order valence-corrected chi connectivity index (χ2v) is 4.89. The van der Waals surface area contributed by atoms with Crippen molar-refractivity contribution in [2.24, 2.45) is 0 Å². The van der Waals surface area contributed by atoms with Crippen LogP contribution in [0.15, 0.2) is 42.6 Å². The molecule has 0 spiro atoms. The lowest BCUT2D eigenvalue weighted by atomic mass is 10.2. The van der Waals surface area contributed by atoms with Crippen LogP contribution in [0.3, 0.4) is 0 Å². The molecule has 0 aliphatic rings. The minimum atomic E-state index is -0.433. The fourth-order valence-corrected chi connectivity index (χ4v) is 2.00. The maximum atomic E-state index is 12.0. The minimum Gasteiger partial charge on any atom is -0.497 e. The predicted molar refractivity (Wildman–Crippen MR) is 88.9 cm³/mol. The van der Waals surface area contributed by atoms with Gasteiger partial charge in [0.25, 0.3) is 0 Å². The molecular formula is C17H19N3O4. The van der Waals surface area contributed by atoms with Gasteiger partial charge in [-0.15, -0.1) is 0 Å². The molecule has 0 atom stereocenters. The molecule has 126 valence electrons. The van der Waals surface area contributed by atoms with Gasteiger partial charge in [-0.3, -0.25) is 14.6 Å². The number of nitrogens with one attached hydrogen (secondary N) is 2. The monoisotopic (exact) mass is 329 g/mol. The maximum absolute atomic E-state index is 12.0. The quantitative estimate of drug-likeness (QED) is 0.755. The summed E-state index contributed by atoms with van der Waals surface area (Å²) in [6.07, 6.45) is 1.35. The van der Waals surface area contributed by atoms with Gasteiger partial charge in [0.2, 0.25) is 11.8 Å². The van der Waals surface area contributed by atoms with Gasteiger partial charge in [-0.1, -0.05) is 6.07 Å². The van der Waals surface area contributed by atoms with Crippen molar-refractivity contribution in [3.63, 3.8) is 0 Å². The number of carbonyl (C=O) groups excluding carboxylic acids is 2. The first-order chi connectivity index (χ1) is 11.6. The number of anilines is 1. The molecule has 0 aliphatic carbocycles. The number of rotatable bonds is 7. The number of ether oxygens (including phenoxy) is 2. The Kier molecular flexibility index (Phi) is 6.13. The van der Waals surface area contributed by atoms with Gasteiger partial charge in [-0.25, -0.2) is 0 Å². The molecule has 2 N–H and O–H groups in total. The van der Waals surface area contributed by atoms with E-state index in [1.807, 2.05) is 6.07 Å². The van der Waals surface area contributed by atoms with E-state index < -0.39 is 5.91 Å². The molecule has 0 saturated carbocycles. The normalized spacial score (nSPS) is 9.92. The van der Waals surface area contributed by atoms with Crippen molar-refractivity contribution >= 4 is 17.5 Å². The van der Waals surface area contributed by atoms with Crippen molar-refractivity contribution in [3.05, 3.63) is 48.3 Å². The van der Waals surface area contributed by atoms with Crippen molar-refractivity contribution < 1.29 is 19.1 Å². The van der Waals surface area contributed by atoms with E-state index in [1.54, 1.807) is 43.6 Å². The molecule has 0 saturated heterocycles. The number of amides is 2. The molecule has 7 nitrogen and oxygen atoms in total. The Morgan fingerprint density at radius 1 is 1.08 bits per heavy atom. The van der Waals surface area contributed by atoms with Crippen molar-refractivity contribution in [2.75, 3.05) is 19.5 Å². The number of benzene rings is 1. The molecule has 1 aromatic carbocycles.